The summed E-state index contributed by atoms with van der Waals surface area (Å²) < 4.78 is 9.93. The van der Waals surface area contributed by atoms with Crippen molar-refractivity contribution in [3.8, 4) is 0 Å². The third-order valence-corrected chi connectivity index (χ3v) is 2.87. The molecule has 1 heterocycles. The molecule has 0 unspecified atom stereocenters. The van der Waals surface area contributed by atoms with Crippen LogP contribution in [-0.4, -0.2) is 30.7 Å². The maximum atomic E-state index is 11.7. The molecule has 0 radical (unpaired) electrons. The van der Waals surface area contributed by atoms with Gasteiger partial charge in [0, 0.05) is 38.3 Å². The van der Waals surface area contributed by atoms with Crippen LogP contribution in [0.3, 0.4) is 0 Å². The highest BCUT2D eigenvalue weighted by molar-refractivity contribution is 6.15. The number of cyclic esters (lactones) is 2. The summed E-state index contributed by atoms with van der Waals surface area (Å²) >= 11 is 0. The molecule has 1 amide bonds. The number of hydrogen-bond donors (Lipinski definition) is 2. The Bertz CT molecular complexity index is 624. The lowest BCUT2D eigenvalue weighted by Crippen LogP contribution is -2.42. The summed E-state index contributed by atoms with van der Waals surface area (Å²) in [5.74, 6) is -2.97. The fraction of sp³-hybridized carbons (Fsp3) is 0.267. The van der Waals surface area contributed by atoms with E-state index in [1.165, 1.54) is 20.0 Å². The van der Waals surface area contributed by atoms with Gasteiger partial charge in [0.1, 0.15) is 0 Å². The average Bonchev–Trinajstić information content (AvgIpc) is 2.45. The van der Waals surface area contributed by atoms with Crippen molar-refractivity contribution in [1.82, 2.24) is 5.32 Å². The van der Waals surface area contributed by atoms with E-state index in [-0.39, 0.29) is 11.5 Å². The van der Waals surface area contributed by atoms with Gasteiger partial charge in [-0.3, -0.25) is 4.79 Å². The summed E-state index contributed by atoms with van der Waals surface area (Å²) in [6.07, 6.45) is 1.22. The van der Waals surface area contributed by atoms with Crippen LogP contribution in [0.4, 0.5) is 5.69 Å². The van der Waals surface area contributed by atoms with Gasteiger partial charge in [-0.25, -0.2) is 9.59 Å². The van der Waals surface area contributed by atoms with Crippen LogP contribution in [0.15, 0.2) is 36.0 Å². The molecule has 1 saturated heterocycles. The molecule has 2 rings (SSSR count). The van der Waals surface area contributed by atoms with Gasteiger partial charge in [-0.2, -0.15) is 0 Å². The van der Waals surface area contributed by atoms with Gasteiger partial charge in [-0.15, -0.1) is 0 Å². The van der Waals surface area contributed by atoms with Crippen molar-refractivity contribution in [2.45, 2.75) is 19.6 Å². The first kappa shape index (κ1) is 15.6. The fourth-order valence-corrected chi connectivity index (χ4v) is 1.80. The van der Waals surface area contributed by atoms with Crippen LogP contribution in [-0.2, 0) is 19.1 Å². The van der Waals surface area contributed by atoms with Crippen LogP contribution in [0.2, 0.25) is 0 Å². The predicted octanol–water partition coefficient (Wildman–Crippen LogP) is 1.18. The largest absolute Gasteiger partial charge is 0.419 e. The lowest BCUT2D eigenvalue weighted by molar-refractivity contribution is -0.222. The van der Waals surface area contributed by atoms with Crippen molar-refractivity contribution in [3.05, 3.63) is 41.6 Å². The molecule has 22 heavy (non-hydrogen) atoms. The molecule has 7 heteroatoms. The van der Waals surface area contributed by atoms with E-state index < -0.39 is 17.7 Å². The molecule has 7 nitrogen and oxygen atoms in total. The zero-order valence-electron chi connectivity index (χ0n) is 12.4. The summed E-state index contributed by atoms with van der Waals surface area (Å²) in [6, 6.07) is 6.51. The summed E-state index contributed by atoms with van der Waals surface area (Å²) in [5, 5.41) is 5.30. The van der Waals surface area contributed by atoms with Gasteiger partial charge >= 0.3 is 11.9 Å². The Hall–Kier alpha value is -2.83. The molecule has 2 N–H and O–H groups in total. The third-order valence-electron chi connectivity index (χ3n) is 2.87. The summed E-state index contributed by atoms with van der Waals surface area (Å²) in [4.78, 5) is 34.9. The Labute approximate surface area is 127 Å². The quantitative estimate of drug-likeness (QED) is 0.495. The molecular weight excluding hydrogens is 288 g/mol. The standard InChI is InChI=1S/C15H16N2O5/c1-15(2)21-13(19)11(14(20)22-15)8-17-10-6-4-9(5-7-10)12(18)16-3/h4-8,17H,1-3H3,(H,16,18). The second-order valence-electron chi connectivity index (χ2n) is 5.04. The maximum absolute atomic E-state index is 11.7. The lowest BCUT2D eigenvalue weighted by atomic mass is 10.2. The summed E-state index contributed by atoms with van der Waals surface area (Å²) in [6.45, 7) is 2.95. The molecule has 0 spiro atoms. The fourth-order valence-electron chi connectivity index (χ4n) is 1.80. The number of benzene rings is 1. The average molecular weight is 304 g/mol. The minimum absolute atomic E-state index is 0.202. The molecule has 116 valence electrons. The van der Waals surface area contributed by atoms with Gasteiger partial charge in [0.2, 0.25) is 0 Å². The zero-order chi connectivity index (χ0) is 16.3. The van der Waals surface area contributed by atoms with E-state index >= 15 is 0 Å². The van der Waals surface area contributed by atoms with E-state index in [0.29, 0.717) is 11.3 Å². The van der Waals surface area contributed by atoms with E-state index in [0.717, 1.165) is 0 Å². The molecule has 0 saturated carbocycles. The van der Waals surface area contributed by atoms with Crippen molar-refractivity contribution in [3.63, 3.8) is 0 Å². The van der Waals surface area contributed by atoms with E-state index in [1.807, 2.05) is 0 Å². The molecular formula is C15H16N2O5. The van der Waals surface area contributed by atoms with Gasteiger partial charge in [0.15, 0.2) is 5.57 Å². The summed E-state index contributed by atoms with van der Waals surface area (Å²) in [7, 11) is 1.54. The minimum Gasteiger partial charge on any atom is -0.419 e. The molecule has 0 aromatic heterocycles. The third kappa shape index (κ3) is 3.43. The SMILES string of the molecule is CNC(=O)c1ccc(NC=C2C(=O)OC(C)(C)OC2=O)cc1. The molecule has 1 aromatic carbocycles. The number of anilines is 1. The maximum Gasteiger partial charge on any atom is 0.350 e. The monoisotopic (exact) mass is 304 g/mol. The molecule has 1 aliphatic heterocycles. The number of hydrogen-bond acceptors (Lipinski definition) is 6. The van der Waals surface area contributed by atoms with Crippen LogP contribution in [0, 0.1) is 0 Å². The Morgan fingerprint density at radius 1 is 1.09 bits per heavy atom. The van der Waals surface area contributed by atoms with E-state index in [4.69, 9.17) is 9.47 Å². The van der Waals surface area contributed by atoms with Crippen molar-refractivity contribution < 1.29 is 23.9 Å². The molecule has 1 fully saturated rings. The van der Waals surface area contributed by atoms with E-state index in [2.05, 4.69) is 10.6 Å². The van der Waals surface area contributed by atoms with Gasteiger partial charge < -0.3 is 20.1 Å². The lowest BCUT2D eigenvalue weighted by Gasteiger charge is -2.29. The second kappa shape index (κ2) is 5.88. The number of nitrogens with one attached hydrogen (secondary N) is 2. The second-order valence-corrected chi connectivity index (χ2v) is 5.04. The van der Waals surface area contributed by atoms with Crippen LogP contribution in [0.25, 0.3) is 0 Å². The van der Waals surface area contributed by atoms with Gasteiger partial charge in [0.05, 0.1) is 0 Å². The number of amides is 1. The van der Waals surface area contributed by atoms with E-state index in [1.54, 1.807) is 31.3 Å². The van der Waals surface area contributed by atoms with Crippen LogP contribution >= 0.6 is 0 Å². The van der Waals surface area contributed by atoms with Crippen molar-refractivity contribution >= 4 is 23.5 Å². The van der Waals surface area contributed by atoms with Crippen molar-refractivity contribution in [2.24, 2.45) is 0 Å². The smallest absolute Gasteiger partial charge is 0.350 e. The number of ether oxygens (including phenoxy) is 2. The molecule has 1 aromatic rings. The van der Waals surface area contributed by atoms with Crippen LogP contribution in [0.5, 0.6) is 0 Å². The predicted molar refractivity (Wildman–Crippen MR) is 77.8 cm³/mol. The van der Waals surface area contributed by atoms with Crippen molar-refractivity contribution in [2.75, 3.05) is 12.4 Å². The molecule has 0 aliphatic carbocycles. The highest BCUT2D eigenvalue weighted by Gasteiger charge is 2.38. The minimum atomic E-state index is -1.26. The molecule has 1 aliphatic rings. The first-order valence-corrected chi connectivity index (χ1v) is 6.58. The number of carbonyl (C=O) groups excluding carboxylic acids is 3. The van der Waals surface area contributed by atoms with Crippen LogP contribution in [0.1, 0.15) is 24.2 Å². The first-order valence-electron chi connectivity index (χ1n) is 6.58. The molecule has 0 bridgehead atoms. The zero-order valence-corrected chi connectivity index (χ0v) is 12.4. The topological polar surface area (TPSA) is 93.7 Å². The number of carbonyl (C=O) groups is 3. The van der Waals surface area contributed by atoms with Gasteiger partial charge in [-0.05, 0) is 24.3 Å². The van der Waals surface area contributed by atoms with Crippen LogP contribution < -0.4 is 10.6 Å². The van der Waals surface area contributed by atoms with Gasteiger partial charge in [0.25, 0.3) is 11.7 Å². The Morgan fingerprint density at radius 2 is 1.64 bits per heavy atom. The molecule has 0 atom stereocenters. The Morgan fingerprint density at radius 3 is 2.14 bits per heavy atom. The van der Waals surface area contributed by atoms with E-state index in [9.17, 15) is 14.4 Å². The van der Waals surface area contributed by atoms with Gasteiger partial charge in [-0.1, -0.05) is 0 Å². The number of esters is 2. The number of rotatable bonds is 3. The normalized spacial score (nSPS) is 16.4. The Kier molecular flexibility index (Phi) is 4.16. The summed E-state index contributed by atoms with van der Waals surface area (Å²) in [5.41, 5.74) is 0.874. The highest BCUT2D eigenvalue weighted by Crippen LogP contribution is 2.22. The van der Waals surface area contributed by atoms with Crippen molar-refractivity contribution in [1.29, 1.82) is 0 Å². The highest BCUT2D eigenvalue weighted by atomic mass is 16.7. The Balaban J connectivity index is 2.10. The first-order chi connectivity index (χ1) is 10.3.